The highest BCUT2D eigenvalue weighted by molar-refractivity contribution is 5.32. The summed E-state index contributed by atoms with van der Waals surface area (Å²) in [6.45, 7) is 7.44. The molecule has 1 unspecified atom stereocenters. The molecule has 2 aromatic rings. The van der Waals surface area contributed by atoms with E-state index in [1.165, 1.54) is 30.4 Å². The van der Waals surface area contributed by atoms with Crippen LogP contribution < -0.4 is 0 Å². The van der Waals surface area contributed by atoms with Gasteiger partial charge in [-0.2, -0.15) is 0 Å². The van der Waals surface area contributed by atoms with Crippen molar-refractivity contribution in [3.8, 4) is 0 Å². The van der Waals surface area contributed by atoms with Crippen LogP contribution in [-0.4, -0.2) is 26.2 Å². The fourth-order valence-corrected chi connectivity index (χ4v) is 4.00. The highest BCUT2D eigenvalue weighted by Crippen LogP contribution is 2.36. The van der Waals surface area contributed by atoms with Crippen molar-refractivity contribution in [2.24, 2.45) is 0 Å². The molecule has 4 nitrogen and oxygen atoms in total. The van der Waals surface area contributed by atoms with Gasteiger partial charge in [-0.1, -0.05) is 38.1 Å². The maximum atomic E-state index is 4.45. The standard InChI is InChI=1S/C18H24N4/c1-13(2)18-20-19-17-12-21(10-11-22(17)18)16-9-5-7-14-6-3-4-8-15(14)16/h3-4,6,8,13,16H,5,7,9-12H2,1-2H3. The summed E-state index contributed by atoms with van der Waals surface area (Å²) in [7, 11) is 0. The fraction of sp³-hybridized carbons (Fsp3) is 0.556. The van der Waals surface area contributed by atoms with Crippen molar-refractivity contribution < 1.29 is 0 Å². The first kappa shape index (κ1) is 13.9. The predicted octanol–water partition coefficient (Wildman–Crippen LogP) is 3.29. The number of aryl methyl sites for hydroxylation is 1. The average Bonchev–Trinajstić information content (AvgIpc) is 2.97. The second-order valence-corrected chi connectivity index (χ2v) is 6.86. The smallest absolute Gasteiger partial charge is 0.147 e. The normalized spacial score (nSPS) is 21.7. The van der Waals surface area contributed by atoms with Crippen LogP contribution in [0, 0.1) is 0 Å². The lowest BCUT2D eigenvalue weighted by Crippen LogP contribution is -2.38. The highest BCUT2D eigenvalue weighted by Gasteiger charge is 2.30. The minimum absolute atomic E-state index is 0.447. The molecule has 0 radical (unpaired) electrons. The van der Waals surface area contributed by atoms with Crippen molar-refractivity contribution in [3.05, 3.63) is 47.0 Å². The van der Waals surface area contributed by atoms with E-state index in [9.17, 15) is 0 Å². The van der Waals surface area contributed by atoms with Crippen LogP contribution in [0.4, 0.5) is 0 Å². The Bertz CT molecular complexity index is 673. The largest absolute Gasteiger partial charge is 0.312 e. The van der Waals surface area contributed by atoms with Crippen LogP contribution in [0.15, 0.2) is 24.3 Å². The molecule has 0 spiro atoms. The Morgan fingerprint density at radius 3 is 2.86 bits per heavy atom. The summed E-state index contributed by atoms with van der Waals surface area (Å²) in [5.41, 5.74) is 3.07. The molecule has 2 aliphatic rings. The molecule has 1 aromatic heterocycles. The molecule has 0 saturated heterocycles. The van der Waals surface area contributed by atoms with E-state index >= 15 is 0 Å². The van der Waals surface area contributed by atoms with Crippen LogP contribution in [-0.2, 0) is 19.5 Å². The van der Waals surface area contributed by atoms with E-state index in [0.717, 1.165) is 31.3 Å². The number of hydrogen-bond donors (Lipinski definition) is 0. The van der Waals surface area contributed by atoms with Gasteiger partial charge in [-0.05, 0) is 30.4 Å². The van der Waals surface area contributed by atoms with Gasteiger partial charge in [0.05, 0.1) is 6.54 Å². The third kappa shape index (κ3) is 2.26. The second-order valence-electron chi connectivity index (χ2n) is 6.86. The van der Waals surface area contributed by atoms with Crippen LogP contribution in [0.25, 0.3) is 0 Å². The van der Waals surface area contributed by atoms with Crippen LogP contribution in [0.5, 0.6) is 0 Å². The minimum atomic E-state index is 0.447. The summed E-state index contributed by atoms with van der Waals surface area (Å²) >= 11 is 0. The SMILES string of the molecule is CC(C)c1nnc2n1CCN(C1CCCc3ccccc31)C2. The zero-order valence-electron chi connectivity index (χ0n) is 13.5. The van der Waals surface area contributed by atoms with Gasteiger partial charge in [0, 0.05) is 25.0 Å². The van der Waals surface area contributed by atoms with Crippen molar-refractivity contribution in [2.45, 2.75) is 58.2 Å². The van der Waals surface area contributed by atoms with Gasteiger partial charge in [0.2, 0.25) is 0 Å². The highest BCUT2D eigenvalue weighted by atomic mass is 15.3. The zero-order valence-corrected chi connectivity index (χ0v) is 13.5. The van der Waals surface area contributed by atoms with Crippen LogP contribution in [0.2, 0.25) is 0 Å². The lowest BCUT2D eigenvalue weighted by Gasteiger charge is -2.38. The van der Waals surface area contributed by atoms with Crippen molar-refractivity contribution in [3.63, 3.8) is 0 Å². The maximum Gasteiger partial charge on any atom is 0.147 e. The summed E-state index contributed by atoms with van der Waals surface area (Å²) in [4.78, 5) is 2.60. The van der Waals surface area contributed by atoms with Gasteiger partial charge in [-0.25, -0.2) is 0 Å². The van der Waals surface area contributed by atoms with Gasteiger partial charge in [0.1, 0.15) is 11.6 Å². The summed E-state index contributed by atoms with van der Waals surface area (Å²) in [5.74, 6) is 2.72. The van der Waals surface area contributed by atoms with E-state index in [1.807, 2.05) is 0 Å². The van der Waals surface area contributed by atoms with Crippen molar-refractivity contribution in [1.82, 2.24) is 19.7 Å². The lowest BCUT2D eigenvalue weighted by atomic mass is 9.86. The molecule has 1 aromatic carbocycles. The average molecular weight is 296 g/mol. The first-order valence-electron chi connectivity index (χ1n) is 8.48. The van der Waals surface area contributed by atoms with E-state index in [-0.39, 0.29) is 0 Å². The first-order valence-corrected chi connectivity index (χ1v) is 8.48. The monoisotopic (exact) mass is 296 g/mol. The zero-order chi connectivity index (χ0) is 15.1. The quantitative estimate of drug-likeness (QED) is 0.852. The fourth-order valence-electron chi connectivity index (χ4n) is 4.00. The van der Waals surface area contributed by atoms with Gasteiger partial charge in [0.15, 0.2) is 0 Å². The molecule has 22 heavy (non-hydrogen) atoms. The molecular weight excluding hydrogens is 272 g/mol. The summed E-state index contributed by atoms with van der Waals surface area (Å²) in [5, 5.41) is 8.86. The number of aromatic nitrogens is 3. The number of nitrogens with zero attached hydrogens (tertiary/aromatic N) is 4. The van der Waals surface area contributed by atoms with Crippen LogP contribution >= 0.6 is 0 Å². The predicted molar refractivity (Wildman–Crippen MR) is 86.6 cm³/mol. The minimum Gasteiger partial charge on any atom is -0.312 e. The lowest BCUT2D eigenvalue weighted by molar-refractivity contribution is 0.137. The van der Waals surface area contributed by atoms with E-state index < -0.39 is 0 Å². The molecule has 0 bridgehead atoms. The molecule has 0 amide bonds. The summed E-state index contributed by atoms with van der Waals surface area (Å²) in [6.07, 6.45) is 3.79. The Labute approximate surface area is 132 Å². The number of hydrogen-bond acceptors (Lipinski definition) is 3. The molecule has 4 rings (SSSR count). The number of benzene rings is 1. The van der Waals surface area contributed by atoms with E-state index in [2.05, 4.69) is 57.8 Å². The van der Waals surface area contributed by atoms with Crippen molar-refractivity contribution in [2.75, 3.05) is 6.54 Å². The molecule has 4 heteroatoms. The van der Waals surface area contributed by atoms with Crippen LogP contribution in [0.1, 0.15) is 61.4 Å². The molecule has 0 fully saturated rings. The second kappa shape index (κ2) is 5.51. The molecule has 0 saturated carbocycles. The molecule has 1 atom stereocenters. The van der Waals surface area contributed by atoms with E-state index in [4.69, 9.17) is 0 Å². The number of fused-ring (bicyclic) bond motifs is 2. The van der Waals surface area contributed by atoms with Gasteiger partial charge in [-0.3, -0.25) is 4.90 Å². The van der Waals surface area contributed by atoms with Gasteiger partial charge >= 0.3 is 0 Å². The molecule has 116 valence electrons. The van der Waals surface area contributed by atoms with Gasteiger partial charge < -0.3 is 4.57 Å². The maximum absolute atomic E-state index is 4.45. The summed E-state index contributed by atoms with van der Waals surface area (Å²) in [6, 6.07) is 9.52. The Hall–Kier alpha value is -1.68. The van der Waals surface area contributed by atoms with E-state index in [1.54, 1.807) is 0 Å². The van der Waals surface area contributed by atoms with Gasteiger partial charge in [-0.15, -0.1) is 10.2 Å². The topological polar surface area (TPSA) is 34.0 Å². The Morgan fingerprint density at radius 1 is 1.14 bits per heavy atom. The van der Waals surface area contributed by atoms with Crippen LogP contribution in [0.3, 0.4) is 0 Å². The van der Waals surface area contributed by atoms with E-state index in [0.29, 0.717) is 12.0 Å². The molecular formula is C18H24N4. The molecule has 1 aliphatic heterocycles. The van der Waals surface area contributed by atoms with Crippen molar-refractivity contribution >= 4 is 0 Å². The Morgan fingerprint density at radius 2 is 2.00 bits per heavy atom. The molecule has 1 aliphatic carbocycles. The third-order valence-electron chi connectivity index (χ3n) is 5.11. The molecule has 2 heterocycles. The number of rotatable bonds is 2. The summed E-state index contributed by atoms with van der Waals surface area (Å²) < 4.78 is 2.33. The first-order chi connectivity index (χ1) is 10.7. The third-order valence-corrected chi connectivity index (χ3v) is 5.11. The molecule has 0 N–H and O–H groups in total. The Kier molecular flexibility index (Phi) is 3.49. The Balaban J connectivity index is 1.61. The van der Waals surface area contributed by atoms with Crippen molar-refractivity contribution in [1.29, 1.82) is 0 Å². The van der Waals surface area contributed by atoms with Gasteiger partial charge in [0.25, 0.3) is 0 Å².